The number of fused-ring (bicyclic) bond motifs is 1. The maximum absolute atomic E-state index is 13.2. The first-order chi connectivity index (χ1) is 12.1. The fourth-order valence-electron chi connectivity index (χ4n) is 2.30. The van der Waals surface area contributed by atoms with E-state index in [2.05, 4.69) is 20.7 Å². The van der Waals surface area contributed by atoms with Crippen molar-refractivity contribution in [2.75, 3.05) is 4.72 Å². The summed E-state index contributed by atoms with van der Waals surface area (Å²) in [5, 5.41) is 0.414. The van der Waals surface area contributed by atoms with E-state index < -0.39 is 32.3 Å². The second kappa shape index (κ2) is 6.44. The molecule has 0 aliphatic carbocycles. The zero-order valence-corrected chi connectivity index (χ0v) is 15.1. The fraction of sp³-hybridized carbons (Fsp3) is 0.0625. The van der Waals surface area contributed by atoms with Crippen molar-refractivity contribution in [3.8, 4) is 0 Å². The van der Waals surface area contributed by atoms with E-state index in [0.29, 0.717) is 11.5 Å². The molecule has 5 nitrogen and oxygen atoms in total. The van der Waals surface area contributed by atoms with Gasteiger partial charge in [0, 0.05) is 21.6 Å². The summed E-state index contributed by atoms with van der Waals surface area (Å²) in [4.78, 5) is 10.3. The highest BCUT2D eigenvalue weighted by Gasteiger charge is 2.37. The highest BCUT2D eigenvalue weighted by Crippen LogP contribution is 2.36. The Hall–Kier alpha value is -2.33. The molecule has 0 radical (unpaired) electrons. The Morgan fingerprint density at radius 2 is 1.73 bits per heavy atom. The number of hydrogen-bond donors (Lipinski definition) is 1. The van der Waals surface area contributed by atoms with E-state index >= 15 is 0 Å². The van der Waals surface area contributed by atoms with Gasteiger partial charge in [-0.25, -0.2) is 13.2 Å². The van der Waals surface area contributed by atoms with Crippen LogP contribution >= 0.6 is 15.9 Å². The van der Waals surface area contributed by atoms with Gasteiger partial charge >= 0.3 is 11.8 Å². The van der Waals surface area contributed by atoms with Crippen molar-refractivity contribution in [2.24, 2.45) is 0 Å². The maximum Gasteiger partial charge on any atom is 0.417 e. The van der Waals surface area contributed by atoms with E-state index in [1.807, 2.05) is 0 Å². The minimum atomic E-state index is -4.85. The lowest BCUT2D eigenvalue weighted by molar-refractivity contribution is -0.139. The van der Waals surface area contributed by atoms with Gasteiger partial charge in [-0.2, -0.15) is 13.2 Å². The lowest BCUT2D eigenvalue weighted by Crippen LogP contribution is -2.19. The molecule has 10 heteroatoms. The molecule has 0 atom stereocenters. The second-order valence-corrected chi connectivity index (χ2v) is 7.82. The van der Waals surface area contributed by atoms with Crippen LogP contribution in [0.5, 0.6) is 0 Å². The molecule has 0 saturated carbocycles. The van der Waals surface area contributed by atoms with Gasteiger partial charge in [-0.3, -0.25) is 4.72 Å². The van der Waals surface area contributed by atoms with E-state index in [9.17, 15) is 26.4 Å². The molecule has 1 heterocycles. The monoisotopic (exact) mass is 447 g/mol. The topological polar surface area (TPSA) is 76.4 Å². The molecule has 26 heavy (non-hydrogen) atoms. The molecular formula is C16H9BrF3NO4S. The number of benzene rings is 2. The standard InChI is InChI=1S/C16H9BrF3NO4S/c17-10-2-5-14(12(8-10)16(18,19)20)26(23,24)21-11-3-4-13-9(7-11)1-6-15(22)25-13/h1-8,21H. The van der Waals surface area contributed by atoms with E-state index in [1.54, 1.807) is 0 Å². The third-order valence-corrected chi connectivity index (χ3v) is 5.34. The van der Waals surface area contributed by atoms with Gasteiger partial charge in [-0.15, -0.1) is 0 Å². The number of nitrogens with one attached hydrogen (secondary N) is 1. The first-order valence-electron chi connectivity index (χ1n) is 7.00. The van der Waals surface area contributed by atoms with Crippen LogP contribution in [0, 0.1) is 0 Å². The van der Waals surface area contributed by atoms with Crippen molar-refractivity contribution in [2.45, 2.75) is 11.1 Å². The van der Waals surface area contributed by atoms with Crippen molar-refractivity contribution in [1.29, 1.82) is 0 Å². The van der Waals surface area contributed by atoms with Crippen molar-refractivity contribution < 1.29 is 26.0 Å². The van der Waals surface area contributed by atoms with Gasteiger partial charge in [-0.1, -0.05) is 15.9 Å². The first kappa shape index (κ1) is 18.5. The van der Waals surface area contributed by atoms with Crippen LogP contribution in [0.15, 0.2) is 67.1 Å². The molecule has 0 saturated heterocycles. The van der Waals surface area contributed by atoms with E-state index in [4.69, 9.17) is 4.42 Å². The predicted octanol–water partition coefficient (Wildman–Crippen LogP) is 4.38. The van der Waals surface area contributed by atoms with Crippen LogP contribution in [-0.2, 0) is 16.2 Å². The van der Waals surface area contributed by atoms with Crippen LogP contribution in [0.2, 0.25) is 0 Å². The van der Waals surface area contributed by atoms with Crippen molar-refractivity contribution in [3.05, 3.63) is 69.0 Å². The largest absolute Gasteiger partial charge is 0.423 e. The van der Waals surface area contributed by atoms with Gasteiger partial charge in [0.2, 0.25) is 0 Å². The zero-order chi connectivity index (χ0) is 19.1. The Bertz CT molecular complexity index is 1160. The number of rotatable bonds is 3. The molecule has 0 spiro atoms. The number of halogens is 4. The molecule has 136 valence electrons. The molecule has 2 aromatic carbocycles. The summed E-state index contributed by atoms with van der Waals surface area (Å²) in [7, 11) is -4.50. The molecule has 3 aromatic rings. The molecule has 1 aromatic heterocycles. The lowest BCUT2D eigenvalue weighted by atomic mass is 10.2. The summed E-state index contributed by atoms with van der Waals surface area (Å²) in [6.45, 7) is 0. The summed E-state index contributed by atoms with van der Waals surface area (Å²) in [5.41, 5.74) is -1.61. The van der Waals surface area contributed by atoms with Crippen molar-refractivity contribution in [3.63, 3.8) is 0 Å². The normalized spacial score (nSPS) is 12.3. The molecule has 0 fully saturated rings. The molecule has 0 aliphatic heterocycles. The van der Waals surface area contributed by atoms with Gasteiger partial charge in [0.25, 0.3) is 10.0 Å². The minimum Gasteiger partial charge on any atom is -0.423 e. The summed E-state index contributed by atoms with van der Waals surface area (Å²) in [6, 6.07) is 9.33. The van der Waals surface area contributed by atoms with Crippen molar-refractivity contribution >= 4 is 42.6 Å². The summed E-state index contributed by atoms with van der Waals surface area (Å²) in [6.07, 6.45) is -4.85. The number of sulfonamides is 1. The van der Waals surface area contributed by atoms with Crippen LogP contribution < -0.4 is 10.3 Å². The smallest absolute Gasteiger partial charge is 0.417 e. The Balaban J connectivity index is 2.05. The third-order valence-electron chi connectivity index (χ3n) is 3.41. The first-order valence-corrected chi connectivity index (χ1v) is 9.27. The Morgan fingerprint density at radius 3 is 2.42 bits per heavy atom. The molecule has 3 rings (SSSR count). The second-order valence-electron chi connectivity index (χ2n) is 5.25. The number of alkyl halides is 3. The van der Waals surface area contributed by atoms with Crippen LogP contribution in [0.25, 0.3) is 11.0 Å². The SMILES string of the molecule is O=c1ccc2cc(NS(=O)(=O)c3ccc(Br)cc3C(F)(F)F)ccc2o1. The van der Waals surface area contributed by atoms with Crippen molar-refractivity contribution in [1.82, 2.24) is 0 Å². The average molecular weight is 448 g/mol. The van der Waals surface area contributed by atoms with Crippen LogP contribution in [0.4, 0.5) is 18.9 Å². The zero-order valence-electron chi connectivity index (χ0n) is 12.7. The average Bonchev–Trinajstić information content (AvgIpc) is 2.53. The summed E-state index contributed by atoms with van der Waals surface area (Å²) in [5.74, 6) is 0. The Morgan fingerprint density at radius 1 is 1.00 bits per heavy atom. The van der Waals surface area contributed by atoms with E-state index in [0.717, 1.165) is 12.1 Å². The Kier molecular flexibility index (Phi) is 4.57. The van der Waals surface area contributed by atoms with Crippen LogP contribution in [0.1, 0.15) is 5.56 Å². The molecule has 0 bridgehead atoms. The van der Waals surface area contributed by atoms with Gasteiger partial charge in [0.05, 0.1) is 10.5 Å². The summed E-state index contributed by atoms with van der Waals surface area (Å²) < 4.78 is 71.6. The number of hydrogen-bond acceptors (Lipinski definition) is 4. The highest BCUT2D eigenvalue weighted by atomic mass is 79.9. The number of anilines is 1. The van der Waals surface area contributed by atoms with E-state index in [1.165, 1.54) is 30.3 Å². The maximum atomic E-state index is 13.2. The van der Waals surface area contributed by atoms with Gasteiger partial charge in [0.15, 0.2) is 0 Å². The summed E-state index contributed by atoms with van der Waals surface area (Å²) >= 11 is 2.90. The van der Waals surface area contributed by atoms with Crippen LogP contribution in [-0.4, -0.2) is 8.42 Å². The molecule has 1 N–H and O–H groups in total. The lowest BCUT2D eigenvalue weighted by Gasteiger charge is -2.15. The van der Waals surface area contributed by atoms with Gasteiger partial charge in [-0.05, 0) is 42.5 Å². The Labute approximate surface area is 153 Å². The fourth-order valence-corrected chi connectivity index (χ4v) is 3.92. The molecular weight excluding hydrogens is 439 g/mol. The molecule has 0 unspecified atom stereocenters. The highest BCUT2D eigenvalue weighted by molar-refractivity contribution is 9.10. The predicted molar refractivity (Wildman–Crippen MR) is 92.4 cm³/mol. The van der Waals surface area contributed by atoms with Gasteiger partial charge < -0.3 is 4.42 Å². The molecule has 0 aliphatic rings. The quantitative estimate of drug-likeness (QED) is 0.604. The third kappa shape index (κ3) is 3.75. The van der Waals surface area contributed by atoms with E-state index in [-0.39, 0.29) is 15.7 Å². The molecule has 0 amide bonds. The van der Waals surface area contributed by atoms with Crippen LogP contribution in [0.3, 0.4) is 0 Å². The minimum absolute atomic E-state index is 0.0300. The van der Waals surface area contributed by atoms with Gasteiger partial charge in [0.1, 0.15) is 5.58 Å².